The van der Waals surface area contributed by atoms with E-state index in [2.05, 4.69) is 45.5 Å². The van der Waals surface area contributed by atoms with E-state index in [1.165, 1.54) is 12.7 Å². The van der Waals surface area contributed by atoms with Gasteiger partial charge in [0.15, 0.2) is 5.75 Å². The molecule has 0 fully saturated rings. The number of anilines is 1. The van der Waals surface area contributed by atoms with E-state index in [1.54, 1.807) is 12.1 Å². The second-order valence-electron chi connectivity index (χ2n) is 6.40. The Bertz CT molecular complexity index is 881. The molecule has 5 nitrogen and oxygen atoms in total. The molecular formula is C19H17BrN2O3. The topological polar surface area (TPSA) is 64.4 Å². The number of halogens is 1. The van der Waals surface area contributed by atoms with Crippen molar-refractivity contribution in [3.8, 4) is 5.75 Å². The van der Waals surface area contributed by atoms with Crippen LogP contribution in [0.15, 0.2) is 53.0 Å². The van der Waals surface area contributed by atoms with Gasteiger partial charge in [-0.25, -0.2) is 0 Å². The Kier molecular flexibility index (Phi) is 4.00. The van der Waals surface area contributed by atoms with E-state index in [0.717, 1.165) is 22.1 Å². The average Bonchev–Trinajstić information content (AvgIpc) is 3.10. The van der Waals surface area contributed by atoms with Gasteiger partial charge in [0.2, 0.25) is 0 Å². The maximum atomic E-state index is 11.4. The number of rotatable bonds is 3. The molecule has 2 aromatic carbocycles. The van der Waals surface area contributed by atoms with Crippen molar-refractivity contribution in [1.82, 2.24) is 0 Å². The van der Waals surface area contributed by atoms with E-state index in [-0.39, 0.29) is 22.4 Å². The second-order valence-corrected chi connectivity index (χ2v) is 7.31. The van der Waals surface area contributed by atoms with Crippen LogP contribution in [0.4, 0.5) is 11.4 Å². The Hall–Kier alpha value is -2.34. The average molecular weight is 401 g/mol. The van der Waals surface area contributed by atoms with Gasteiger partial charge < -0.3 is 10.1 Å². The van der Waals surface area contributed by atoms with Gasteiger partial charge >= 0.3 is 5.69 Å². The van der Waals surface area contributed by atoms with E-state index in [1.807, 2.05) is 12.1 Å². The number of nitro groups is 1. The number of fused-ring (bicyclic) bond motifs is 3. The highest BCUT2D eigenvalue weighted by Gasteiger charge is 2.38. The number of hydrogen-bond donors (Lipinski definition) is 1. The van der Waals surface area contributed by atoms with E-state index in [9.17, 15) is 10.1 Å². The van der Waals surface area contributed by atoms with Crippen molar-refractivity contribution in [2.45, 2.75) is 18.4 Å². The van der Waals surface area contributed by atoms with Gasteiger partial charge in [-0.15, -0.1) is 0 Å². The highest BCUT2D eigenvalue weighted by Crippen LogP contribution is 2.50. The zero-order valence-corrected chi connectivity index (χ0v) is 15.2. The summed E-state index contributed by atoms with van der Waals surface area (Å²) < 4.78 is 6.19. The largest absolute Gasteiger partial charge is 0.490 e. The first-order valence-electron chi connectivity index (χ1n) is 8.13. The van der Waals surface area contributed by atoms with Gasteiger partial charge in [-0.1, -0.05) is 34.1 Å². The van der Waals surface area contributed by atoms with Crippen molar-refractivity contribution in [2.24, 2.45) is 5.92 Å². The molecule has 0 radical (unpaired) electrons. The lowest BCUT2D eigenvalue weighted by atomic mass is 9.77. The molecule has 0 spiro atoms. The molecule has 2 aromatic rings. The summed E-state index contributed by atoms with van der Waals surface area (Å²) in [5, 5.41) is 15.0. The lowest BCUT2D eigenvalue weighted by molar-refractivity contribution is -0.385. The molecule has 2 aliphatic rings. The third kappa shape index (κ3) is 2.70. The minimum absolute atomic E-state index is 0.00547. The molecule has 0 unspecified atom stereocenters. The van der Waals surface area contributed by atoms with E-state index < -0.39 is 0 Å². The molecule has 0 saturated heterocycles. The fourth-order valence-electron chi connectivity index (χ4n) is 3.94. The summed E-state index contributed by atoms with van der Waals surface area (Å²) in [6.45, 7) is 0. The highest BCUT2D eigenvalue weighted by atomic mass is 79.9. The van der Waals surface area contributed by atoms with Crippen LogP contribution in [-0.2, 0) is 0 Å². The number of nitro benzene ring substituents is 1. The Balaban J connectivity index is 1.78. The maximum Gasteiger partial charge on any atom is 0.311 e. The molecule has 4 rings (SSSR count). The van der Waals surface area contributed by atoms with E-state index in [0.29, 0.717) is 11.8 Å². The summed E-state index contributed by atoms with van der Waals surface area (Å²) in [5.74, 6) is 0.949. The number of allylic oxidation sites excluding steroid dienone is 2. The quantitative estimate of drug-likeness (QED) is 0.437. The van der Waals surface area contributed by atoms with E-state index in [4.69, 9.17) is 4.74 Å². The number of benzene rings is 2. The molecule has 1 aliphatic heterocycles. The minimum Gasteiger partial charge on any atom is -0.490 e. The van der Waals surface area contributed by atoms with Crippen molar-refractivity contribution < 1.29 is 9.66 Å². The summed E-state index contributed by atoms with van der Waals surface area (Å²) in [6.07, 6.45) is 5.41. The van der Waals surface area contributed by atoms with Gasteiger partial charge in [0.25, 0.3) is 0 Å². The van der Waals surface area contributed by atoms with Gasteiger partial charge in [-0.3, -0.25) is 10.1 Å². The van der Waals surface area contributed by atoms with Crippen molar-refractivity contribution >= 4 is 27.3 Å². The van der Waals surface area contributed by atoms with E-state index >= 15 is 0 Å². The number of ether oxygens (including phenoxy) is 1. The number of nitrogens with zero attached hydrogens (tertiary/aromatic N) is 1. The van der Waals surface area contributed by atoms with Gasteiger partial charge in [0.05, 0.1) is 18.1 Å². The Labute approximate surface area is 154 Å². The summed E-state index contributed by atoms with van der Waals surface area (Å²) in [5.41, 5.74) is 3.28. The lowest BCUT2D eigenvalue weighted by Crippen LogP contribution is -2.29. The third-order valence-electron chi connectivity index (χ3n) is 5.08. The first-order chi connectivity index (χ1) is 12.1. The van der Waals surface area contributed by atoms with Gasteiger partial charge in [-0.05, 0) is 47.7 Å². The highest BCUT2D eigenvalue weighted by molar-refractivity contribution is 9.10. The molecule has 0 amide bonds. The summed E-state index contributed by atoms with van der Waals surface area (Å²) >= 11 is 3.55. The van der Waals surface area contributed by atoms with Gasteiger partial charge in [0, 0.05) is 22.1 Å². The zero-order valence-electron chi connectivity index (χ0n) is 13.6. The molecule has 25 heavy (non-hydrogen) atoms. The van der Waals surface area contributed by atoms with Crippen molar-refractivity contribution in [1.29, 1.82) is 0 Å². The monoisotopic (exact) mass is 400 g/mol. The minimum atomic E-state index is -0.388. The van der Waals surface area contributed by atoms with Crippen LogP contribution in [0.3, 0.4) is 0 Å². The Morgan fingerprint density at radius 3 is 2.88 bits per heavy atom. The molecule has 1 N–H and O–H groups in total. The molecule has 0 aromatic heterocycles. The van der Waals surface area contributed by atoms with Gasteiger partial charge in [0.1, 0.15) is 0 Å². The van der Waals surface area contributed by atoms with Crippen LogP contribution in [-0.4, -0.2) is 12.0 Å². The second kappa shape index (κ2) is 6.19. The third-order valence-corrected chi connectivity index (χ3v) is 5.58. The predicted octanol–water partition coefficient (Wildman–Crippen LogP) is 5.19. The summed E-state index contributed by atoms with van der Waals surface area (Å²) in [6, 6.07) is 11.5. The van der Waals surface area contributed by atoms with Crippen molar-refractivity contribution in [3.63, 3.8) is 0 Å². The molecule has 6 heteroatoms. The van der Waals surface area contributed by atoms with Crippen LogP contribution < -0.4 is 10.1 Å². The van der Waals surface area contributed by atoms with Crippen LogP contribution in [0.2, 0.25) is 0 Å². The SMILES string of the molecule is COc1ccc([C@H]2Nc3ccc(Br)cc3[C@@H]3C=CC[C@@H]23)cc1[N+](=O)[O-]. The van der Waals surface area contributed by atoms with Gasteiger partial charge in [-0.2, -0.15) is 0 Å². The molecule has 1 heterocycles. The fourth-order valence-corrected chi connectivity index (χ4v) is 4.32. The standard InChI is InChI=1S/C19H17BrN2O3/c1-25-18-8-5-11(9-17(18)22(23)24)19-14-4-2-3-13(14)15-10-12(20)6-7-16(15)21-19/h2-3,5-10,13-14,19,21H,4H2,1H3/t13-,14-,19-/m1/s1. The molecule has 1 aliphatic carbocycles. The van der Waals surface area contributed by atoms with Crippen LogP contribution >= 0.6 is 15.9 Å². The molecule has 3 atom stereocenters. The van der Waals surface area contributed by atoms with Crippen LogP contribution in [0.25, 0.3) is 0 Å². The first-order valence-corrected chi connectivity index (χ1v) is 8.93. The molecular weight excluding hydrogens is 384 g/mol. The first kappa shape index (κ1) is 16.1. The van der Waals surface area contributed by atoms with Crippen LogP contribution in [0.5, 0.6) is 5.75 Å². The normalized spacial score (nSPS) is 23.5. The van der Waals surface area contributed by atoms with Crippen molar-refractivity contribution in [3.05, 3.63) is 74.3 Å². The molecule has 128 valence electrons. The summed E-state index contributed by atoms with van der Waals surface area (Å²) in [4.78, 5) is 11.0. The molecule has 0 saturated carbocycles. The predicted molar refractivity (Wildman–Crippen MR) is 100 cm³/mol. The van der Waals surface area contributed by atoms with Crippen molar-refractivity contribution in [2.75, 3.05) is 12.4 Å². The van der Waals surface area contributed by atoms with Crippen LogP contribution in [0, 0.1) is 16.0 Å². The number of hydrogen-bond acceptors (Lipinski definition) is 4. The number of methoxy groups -OCH3 is 1. The maximum absolute atomic E-state index is 11.4. The smallest absolute Gasteiger partial charge is 0.311 e. The van der Waals surface area contributed by atoms with Crippen LogP contribution in [0.1, 0.15) is 29.5 Å². The lowest BCUT2D eigenvalue weighted by Gasteiger charge is -2.37. The number of nitrogens with one attached hydrogen (secondary N) is 1. The Morgan fingerprint density at radius 2 is 2.12 bits per heavy atom. The zero-order chi connectivity index (χ0) is 17.6. The summed E-state index contributed by atoms with van der Waals surface area (Å²) in [7, 11) is 1.45. The fraction of sp³-hybridized carbons (Fsp3) is 0.263. The Morgan fingerprint density at radius 1 is 1.28 bits per heavy atom. The molecule has 0 bridgehead atoms.